The zero-order valence-electron chi connectivity index (χ0n) is 14.2. The molecule has 2 heterocycles. The molecule has 0 spiro atoms. The molecular formula is C19H22FN3O2. The monoisotopic (exact) mass is 343 g/mol. The van der Waals surface area contributed by atoms with Gasteiger partial charge in [0.1, 0.15) is 5.82 Å². The van der Waals surface area contributed by atoms with E-state index >= 15 is 0 Å². The summed E-state index contributed by atoms with van der Waals surface area (Å²) >= 11 is 0. The van der Waals surface area contributed by atoms with Gasteiger partial charge in [-0.1, -0.05) is 0 Å². The van der Waals surface area contributed by atoms with Crippen molar-refractivity contribution in [2.24, 2.45) is 7.05 Å². The van der Waals surface area contributed by atoms with Crippen molar-refractivity contribution in [3.8, 4) is 0 Å². The maximum atomic E-state index is 12.9. The lowest BCUT2D eigenvalue weighted by Crippen LogP contribution is -2.44. The quantitative estimate of drug-likeness (QED) is 0.928. The number of hydrogen-bond acceptors (Lipinski definition) is 2. The Hall–Kier alpha value is -2.63. The summed E-state index contributed by atoms with van der Waals surface area (Å²) < 4.78 is 15.0. The number of carbonyl (C=O) groups excluding carboxylic acids is 2. The Balaban J connectivity index is 1.64. The molecule has 1 atom stereocenters. The SMILES string of the molecule is Cn1cccc1C1CCCCN1C(=O)CNC(=O)c1ccc(F)cc1. The van der Waals surface area contributed by atoms with Crippen molar-refractivity contribution < 1.29 is 14.0 Å². The molecule has 0 saturated carbocycles. The van der Waals surface area contributed by atoms with Gasteiger partial charge in [-0.3, -0.25) is 9.59 Å². The van der Waals surface area contributed by atoms with Gasteiger partial charge in [-0.25, -0.2) is 4.39 Å². The van der Waals surface area contributed by atoms with E-state index in [-0.39, 0.29) is 24.4 Å². The van der Waals surface area contributed by atoms with Crippen LogP contribution in [0.3, 0.4) is 0 Å². The minimum Gasteiger partial charge on any atom is -0.353 e. The number of benzene rings is 1. The van der Waals surface area contributed by atoms with Crippen molar-refractivity contribution >= 4 is 11.8 Å². The molecule has 0 aliphatic carbocycles. The van der Waals surface area contributed by atoms with E-state index < -0.39 is 5.82 Å². The van der Waals surface area contributed by atoms with Gasteiger partial charge < -0.3 is 14.8 Å². The van der Waals surface area contributed by atoms with Gasteiger partial charge in [0.2, 0.25) is 5.91 Å². The fourth-order valence-corrected chi connectivity index (χ4v) is 3.32. The number of likely N-dealkylation sites (tertiary alicyclic amines) is 1. The van der Waals surface area contributed by atoms with Crippen molar-refractivity contribution in [1.82, 2.24) is 14.8 Å². The fourth-order valence-electron chi connectivity index (χ4n) is 3.32. The van der Waals surface area contributed by atoms with E-state index in [2.05, 4.69) is 5.32 Å². The third-order valence-corrected chi connectivity index (χ3v) is 4.66. The van der Waals surface area contributed by atoms with Crippen LogP contribution in [0.1, 0.15) is 41.4 Å². The predicted octanol–water partition coefficient (Wildman–Crippen LogP) is 2.65. The Morgan fingerprint density at radius 1 is 1.20 bits per heavy atom. The zero-order chi connectivity index (χ0) is 17.8. The third-order valence-electron chi connectivity index (χ3n) is 4.66. The maximum Gasteiger partial charge on any atom is 0.251 e. The van der Waals surface area contributed by atoms with Crippen molar-refractivity contribution in [2.45, 2.75) is 25.3 Å². The molecule has 6 heteroatoms. The number of piperidine rings is 1. The molecule has 25 heavy (non-hydrogen) atoms. The van der Waals surface area contributed by atoms with Crippen LogP contribution < -0.4 is 5.32 Å². The number of nitrogens with one attached hydrogen (secondary N) is 1. The number of halogens is 1. The standard InChI is InChI=1S/C19H22FN3O2/c1-22-11-4-6-16(22)17-5-2-3-12-23(17)18(24)13-21-19(25)14-7-9-15(20)10-8-14/h4,6-11,17H,2-3,5,12-13H2,1H3,(H,21,25). The minimum atomic E-state index is -0.397. The molecule has 5 nitrogen and oxygen atoms in total. The Kier molecular flexibility index (Phi) is 5.16. The van der Waals surface area contributed by atoms with Crippen LogP contribution in [-0.2, 0) is 11.8 Å². The van der Waals surface area contributed by atoms with Gasteiger partial charge in [-0.05, 0) is 55.7 Å². The molecule has 1 N–H and O–H groups in total. The van der Waals surface area contributed by atoms with Crippen LogP contribution in [0, 0.1) is 5.82 Å². The largest absolute Gasteiger partial charge is 0.353 e. The van der Waals surface area contributed by atoms with E-state index in [4.69, 9.17) is 0 Å². The molecule has 1 aliphatic heterocycles. The summed E-state index contributed by atoms with van der Waals surface area (Å²) in [5, 5.41) is 2.64. The molecule has 132 valence electrons. The molecule has 1 fully saturated rings. The van der Waals surface area contributed by atoms with Crippen LogP contribution in [-0.4, -0.2) is 34.4 Å². The van der Waals surface area contributed by atoms with Gasteiger partial charge in [0.15, 0.2) is 0 Å². The molecule has 1 saturated heterocycles. The lowest BCUT2D eigenvalue weighted by Gasteiger charge is -2.36. The molecule has 1 aromatic heterocycles. The smallest absolute Gasteiger partial charge is 0.251 e. The summed E-state index contributed by atoms with van der Waals surface area (Å²) in [7, 11) is 1.98. The Morgan fingerprint density at radius 2 is 1.96 bits per heavy atom. The van der Waals surface area contributed by atoms with Crippen LogP contribution in [0.5, 0.6) is 0 Å². The van der Waals surface area contributed by atoms with Crippen LogP contribution in [0.2, 0.25) is 0 Å². The van der Waals surface area contributed by atoms with Gasteiger partial charge in [-0.15, -0.1) is 0 Å². The highest BCUT2D eigenvalue weighted by molar-refractivity contribution is 5.96. The molecule has 1 aliphatic rings. The maximum absolute atomic E-state index is 12.9. The predicted molar refractivity (Wildman–Crippen MR) is 92.5 cm³/mol. The van der Waals surface area contributed by atoms with Gasteiger partial charge in [0.25, 0.3) is 5.91 Å². The summed E-state index contributed by atoms with van der Waals surface area (Å²) in [5.41, 5.74) is 1.45. The lowest BCUT2D eigenvalue weighted by molar-refractivity contribution is -0.134. The minimum absolute atomic E-state index is 0.0453. The van der Waals surface area contributed by atoms with E-state index in [0.29, 0.717) is 12.1 Å². The molecule has 1 unspecified atom stereocenters. The summed E-state index contributed by atoms with van der Waals surface area (Å²) in [6, 6.07) is 9.32. The first-order valence-electron chi connectivity index (χ1n) is 8.51. The van der Waals surface area contributed by atoms with E-state index in [0.717, 1.165) is 25.0 Å². The lowest BCUT2D eigenvalue weighted by atomic mass is 9.99. The van der Waals surface area contributed by atoms with Crippen LogP contribution in [0.4, 0.5) is 4.39 Å². The van der Waals surface area contributed by atoms with Crippen LogP contribution in [0.25, 0.3) is 0 Å². The second-order valence-corrected chi connectivity index (χ2v) is 6.33. The normalized spacial score (nSPS) is 17.4. The van der Waals surface area contributed by atoms with Gasteiger partial charge in [-0.2, -0.15) is 0 Å². The average Bonchev–Trinajstić information content (AvgIpc) is 3.06. The highest BCUT2D eigenvalue weighted by atomic mass is 19.1. The van der Waals surface area contributed by atoms with Gasteiger partial charge in [0.05, 0.1) is 12.6 Å². The second kappa shape index (κ2) is 7.51. The highest BCUT2D eigenvalue weighted by Gasteiger charge is 2.29. The number of aryl methyl sites for hydroxylation is 1. The summed E-state index contributed by atoms with van der Waals surface area (Å²) in [4.78, 5) is 26.6. The Labute approximate surface area is 146 Å². The van der Waals surface area contributed by atoms with Crippen molar-refractivity contribution in [3.05, 3.63) is 59.7 Å². The molecule has 0 radical (unpaired) electrons. The number of nitrogens with zero attached hydrogens (tertiary/aromatic N) is 2. The molecule has 3 rings (SSSR count). The summed E-state index contributed by atoms with van der Waals surface area (Å²) in [6.07, 6.45) is 4.96. The number of carbonyl (C=O) groups is 2. The van der Waals surface area contributed by atoms with Crippen molar-refractivity contribution in [3.63, 3.8) is 0 Å². The molecule has 2 aromatic rings. The van der Waals surface area contributed by atoms with Gasteiger partial charge in [0, 0.05) is 31.0 Å². The van der Waals surface area contributed by atoms with E-state index in [1.807, 2.05) is 34.8 Å². The molecule has 2 amide bonds. The first-order valence-corrected chi connectivity index (χ1v) is 8.51. The van der Waals surface area contributed by atoms with Crippen molar-refractivity contribution in [1.29, 1.82) is 0 Å². The number of hydrogen-bond donors (Lipinski definition) is 1. The van der Waals surface area contributed by atoms with E-state index in [9.17, 15) is 14.0 Å². The second-order valence-electron chi connectivity index (χ2n) is 6.33. The summed E-state index contributed by atoms with van der Waals surface area (Å²) in [5.74, 6) is -0.867. The zero-order valence-corrected chi connectivity index (χ0v) is 14.2. The van der Waals surface area contributed by atoms with Gasteiger partial charge >= 0.3 is 0 Å². The average molecular weight is 343 g/mol. The Bertz CT molecular complexity index is 754. The Morgan fingerprint density at radius 3 is 2.64 bits per heavy atom. The first kappa shape index (κ1) is 17.2. The topological polar surface area (TPSA) is 54.3 Å². The highest BCUT2D eigenvalue weighted by Crippen LogP contribution is 2.30. The fraction of sp³-hybridized carbons (Fsp3) is 0.368. The van der Waals surface area contributed by atoms with Crippen LogP contribution in [0.15, 0.2) is 42.6 Å². The van der Waals surface area contributed by atoms with Crippen molar-refractivity contribution in [2.75, 3.05) is 13.1 Å². The molecule has 0 bridgehead atoms. The van der Waals surface area contributed by atoms with Crippen LogP contribution >= 0.6 is 0 Å². The number of amides is 2. The number of rotatable bonds is 4. The first-order chi connectivity index (χ1) is 12.1. The molecule has 1 aromatic carbocycles. The van der Waals surface area contributed by atoms with E-state index in [1.165, 1.54) is 24.3 Å². The number of aromatic nitrogens is 1. The molecular weight excluding hydrogens is 321 g/mol. The summed E-state index contributed by atoms with van der Waals surface area (Å²) in [6.45, 7) is 0.637. The van der Waals surface area contributed by atoms with E-state index in [1.54, 1.807) is 0 Å². The third kappa shape index (κ3) is 3.90.